The number of nitrogens with zero attached hydrogens (tertiary/aromatic N) is 2. The molecule has 1 N–H and O–H groups in total. The molecule has 1 saturated heterocycles. The molecule has 0 aromatic carbocycles. The van der Waals surface area contributed by atoms with Crippen LogP contribution in [-0.4, -0.2) is 56.5 Å². The molecule has 0 atom stereocenters. The van der Waals surface area contributed by atoms with Crippen LogP contribution in [0.3, 0.4) is 0 Å². The Kier molecular flexibility index (Phi) is 4.63. The highest BCUT2D eigenvalue weighted by Crippen LogP contribution is 2.23. The van der Waals surface area contributed by atoms with Gasteiger partial charge in [-0.15, -0.1) is 12.3 Å². The van der Waals surface area contributed by atoms with E-state index < -0.39 is 14.6 Å². The molecule has 0 aromatic rings. The number of aliphatic imine (C=N–C) groups is 1. The van der Waals surface area contributed by atoms with E-state index in [9.17, 15) is 8.42 Å². The fraction of sp³-hybridized carbons (Fsp3) is 0.750. The molecule has 0 bridgehead atoms. The van der Waals surface area contributed by atoms with E-state index >= 15 is 0 Å². The van der Waals surface area contributed by atoms with Crippen molar-refractivity contribution in [3.05, 3.63) is 0 Å². The van der Waals surface area contributed by atoms with Gasteiger partial charge in [-0.25, -0.2) is 8.42 Å². The van der Waals surface area contributed by atoms with E-state index in [-0.39, 0.29) is 5.75 Å². The summed E-state index contributed by atoms with van der Waals surface area (Å²) in [5, 5.41) is 3.14. The predicted molar refractivity (Wildman–Crippen MR) is 74.3 cm³/mol. The predicted octanol–water partition coefficient (Wildman–Crippen LogP) is 0.0941. The summed E-state index contributed by atoms with van der Waals surface area (Å²) in [6.45, 7) is 5.08. The maximum absolute atomic E-state index is 11.9. The summed E-state index contributed by atoms with van der Waals surface area (Å²) in [5.41, 5.74) is 0. The molecule has 1 fully saturated rings. The Bertz CT molecular complexity index is 460. The Morgan fingerprint density at radius 3 is 2.72 bits per heavy atom. The third-order valence-corrected chi connectivity index (χ3v) is 5.64. The quantitative estimate of drug-likeness (QED) is 0.335. The fourth-order valence-electron chi connectivity index (χ4n) is 1.90. The lowest BCUT2D eigenvalue weighted by Crippen LogP contribution is -2.57. The van der Waals surface area contributed by atoms with Gasteiger partial charge in [0.2, 0.25) is 0 Å². The zero-order valence-electron chi connectivity index (χ0n) is 11.2. The maximum Gasteiger partial charge on any atom is 0.193 e. The van der Waals surface area contributed by atoms with Gasteiger partial charge in [0.25, 0.3) is 0 Å². The molecule has 1 rings (SSSR count). The number of sulfone groups is 1. The monoisotopic (exact) mass is 271 g/mol. The molecule has 102 valence electrons. The van der Waals surface area contributed by atoms with Crippen LogP contribution in [0.25, 0.3) is 0 Å². The molecule has 0 spiro atoms. The van der Waals surface area contributed by atoms with Crippen LogP contribution >= 0.6 is 0 Å². The van der Waals surface area contributed by atoms with E-state index in [1.54, 1.807) is 20.9 Å². The van der Waals surface area contributed by atoms with Crippen molar-refractivity contribution in [2.24, 2.45) is 4.99 Å². The third-order valence-electron chi connectivity index (χ3n) is 3.11. The van der Waals surface area contributed by atoms with Gasteiger partial charge in [0, 0.05) is 33.1 Å². The minimum absolute atomic E-state index is 0.163. The molecule has 0 aromatic heterocycles. The molecule has 1 aliphatic heterocycles. The van der Waals surface area contributed by atoms with E-state index in [0.29, 0.717) is 32.0 Å². The smallest absolute Gasteiger partial charge is 0.193 e. The van der Waals surface area contributed by atoms with Crippen molar-refractivity contribution in [1.29, 1.82) is 0 Å². The molecule has 0 amide bonds. The zero-order chi connectivity index (χ0) is 13.8. The lowest BCUT2D eigenvalue weighted by molar-refractivity contribution is 0.354. The van der Waals surface area contributed by atoms with Crippen molar-refractivity contribution in [3.63, 3.8) is 0 Å². The van der Waals surface area contributed by atoms with Crippen LogP contribution in [0.15, 0.2) is 4.99 Å². The van der Waals surface area contributed by atoms with Gasteiger partial charge in [-0.1, -0.05) is 0 Å². The van der Waals surface area contributed by atoms with Gasteiger partial charge in [-0.3, -0.25) is 4.99 Å². The van der Waals surface area contributed by atoms with E-state index in [4.69, 9.17) is 6.42 Å². The number of rotatable bonds is 2. The average Bonchev–Trinajstić information content (AvgIpc) is 2.29. The Morgan fingerprint density at radius 2 is 2.22 bits per heavy atom. The van der Waals surface area contributed by atoms with E-state index in [2.05, 4.69) is 16.2 Å². The number of hydrogen-bond donors (Lipinski definition) is 1. The molecule has 0 radical (unpaired) electrons. The second-order valence-corrected chi connectivity index (χ2v) is 7.67. The fourth-order valence-corrected chi connectivity index (χ4v) is 3.27. The Hall–Kier alpha value is -1.22. The van der Waals surface area contributed by atoms with Crippen molar-refractivity contribution >= 4 is 15.8 Å². The van der Waals surface area contributed by atoms with Gasteiger partial charge in [0.15, 0.2) is 15.8 Å². The minimum atomic E-state index is -3.02. The summed E-state index contributed by atoms with van der Waals surface area (Å²) in [7, 11) is -1.33. The van der Waals surface area contributed by atoms with E-state index in [1.807, 2.05) is 4.90 Å². The highest BCUT2D eigenvalue weighted by atomic mass is 32.2. The molecule has 1 heterocycles. The van der Waals surface area contributed by atoms with Crippen molar-refractivity contribution in [2.45, 2.75) is 25.0 Å². The molecular weight excluding hydrogens is 250 g/mol. The van der Waals surface area contributed by atoms with Crippen molar-refractivity contribution in [2.75, 3.05) is 32.4 Å². The summed E-state index contributed by atoms with van der Waals surface area (Å²) in [6, 6.07) is 0. The van der Waals surface area contributed by atoms with Gasteiger partial charge < -0.3 is 10.2 Å². The lowest BCUT2D eigenvalue weighted by Gasteiger charge is -2.39. The van der Waals surface area contributed by atoms with Crippen molar-refractivity contribution in [3.8, 4) is 12.3 Å². The van der Waals surface area contributed by atoms with E-state index in [0.717, 1.165) is 0 Å². The maximum atomic E-state index is 11.9. The molecule has 18 heavy (non-hydrogen) atoms. The normalized spacial score (nSPS) is 22.3. The van der Waals surface area contributed by atoms with Gasteiger partial charge in [-0.05, 0) is 13.8 Å². The zero-order valence-corrected chi connectivity index (χ0v) is 12.0. The first-order chi connectivity index (χ1) is 8.34. The lowest BCUT2D eigenvalue weighted by atomic mass is 10.2. The Labute approximate surface area is 110 Å². The number of terminal acetylenes is 1. The topological polar surface area (TPSA) is 61.8 Å². The third kappa shape index (κ3) is 3.16. The summed E-state index contributed by atoms with van der Waals surface area (Å²) >= 11 is 0. The SMILES string of the molecule is C#CCCNC(=NC)N1CCS(=O)(=O)C(C)(C)C1. The van der Waals surface area contributed by atoms with Crippen LogP contribution in [0.4, 0.5) is 0 Å². The highest BCUT2D eigenvalue weighted by Gasteiger charge is 2.40. The number of nitrogens with one attached hydrogen (secondary N) is 1. The standard InChI is InChI=1S/C12H21N3O2S/c1-5-6-7-14-11(13-4)15-8-9-18(16,17)12(2,3)10-15/h1H,6-10H2,2-4H3,(H,13,14). The molecule has 0 unspecified atom stereocenters. The molecule has 5 nitrogen and oxygen atoms in total. The van der Waals surface area contributed by atoms with Crippen molar-refractivity contribution < 1.29 is 8.42 Å². The molecule has 0 saturated carbocycles. The second-order valence-electron chi connectivity index (χ2n) is 4.93. The van der Waals surface area contributed by atoms with Gasteiger partial charge >= 0.3 is 0 Å². The van der Waals surface area contributed by atoms with E-state index in [1.165, 1.54) is 0 Å². The summed E-state index contributed by atoms with van der Waals surface area (Å²) in [5.74, 6) is 3.43. The Balaban J connectivity index is 2.72. The van der Waals surface area contributed by atoms with Gasteiger partial charge in [0.1, 0.15) is 0 Å². The van der Waals surface area contributed by atoms with Gasteiger partial charge in [-0.2, -0.15) is 0 Å². The van der Waals surface area contributed by atoms with Crippen LogP contribution in [0.5, 0.6) is 0 Å². The highest BCUT2D eigenvalue weighted by molar-refractivity contribution is 7.92. The summed E-state index contributed by atoms with van der Waals surface area (Å²) in [6.07, 6.45) is 5.81. The first-order valence-electron chi connectivity index (χ1n) is 5.95. The number of guanidine groups is 1. The average molecular weight is 271 g/mol. The van der Waals surface area contributed by atoms with Gasteiger partial charge in [0.05, 0.1) is 10.5 Å². The minimum Gasteiger partial charge on any atom is -0.355 e. The first-order valence-corrected chi connectivity index (χ1v) is 7.60. The van der Waals surface area contributed by atoms with Crippen LogP contribution in [0.1, 0.15) is 20.3 Å². The van der Waals surface area contributed by atoms with Crippen LogP contribution in [-0.2, 0) is 9.84 Å². The van der Waals surface area contributed by atoms with Crippen LogP contribution < -0.4 is 5.32 Å². The second kappa shape index (κ2) is 5.61. The molecule has 0 aliphatic carbocycles. The number of hydrogen-bond acceptors (Lipinski definition) is 3. The first kappa shape index (κ1) is 14.8. The summed E-state index contributed by atoms with van der Waals surface area (Å²) < 4.78 is 23.1. The largest absolute Gasteiger partial charge is 0.355 e. The summed E-state index contributed by atoms with van der Waals surface area (Å²) in [4.78, 5) is 6.13. The van der Waals surface area contributed by atoms with Crippen molar-refractivity contribution in [1.82, 2.24) is 10.2 Å². The molecular formula is C12H21N3O2S. The molecule has 6 heteroatoms. The molecule has 1 aliphatic rings. The van der Waals surface area contributed by atoms with Crippen LogP contribution in [0.2, 0.25) is 0 Å². The Morgan fingerprint density at radius 1 is 1.56 bits per heavy atom. The van der Waals surface area contributed by atoms with Crippen LogP contribution in [0, 0.1) is 12.3 Å².